The van der Waals surface area contributed by atoms with Gasteiger partial charge in [-0.05, 0) is 77.6 Å². The summed E-state index contributed by atoms with van der Waals surface area (Å²) in [5.74, 6) is -0.425. The summed E-state index contributed by atoms with van der Waals surface area (Å²) in [5.41, 5.74) is 1.23. The number of rotatable bonds is 9. The number of aryl methyl sites for hydroxylation is 2. The molecule has 32 heavy (non-hydrogen) atoms. The number of carbonyl (C=O) groups is 3. The molecule has 0 aliphatic rings. The largest absolute Gasteiger partial charge is 0.444 e. The monoisotopic (exact) mass is 460 g/mol. The maximum Gasteiger partial charge on any atom is 0.407 e. The van der Waals surface area contributed by atoms with E-state index in [9.17, 15) is 14.4 Å². The first-order valence-corrected chi connectivity index (χ1v) is 11.5. The van der Waals surface area contributed by atoms with E-state index >= 15 is 0 Å². The predicted molar refractivity (Wildman–Crippen MR) is 126 cm³/mol. The summed E-state index contributed by atoms with van der Waals surface area (Å²) < 4.78 is 5.17. The van der Waals surface area contributed by atoms with Crippen LogP contribution in [0.2, 0.25) is 0 Å². The Balaban J connectivity index is 1.70. The fourth-order valence-electron chi connectivity index (χ4n) is 2.87. The van der Waals surface area contributed by atoms with E-state index in [1.54, 1.807) is 31.3 Å². The minimum Gasteiger partial charge on any atom is -0.444 e. The molecule has 0 spiro atoms. The number of unbranched alkanes of at least 4 members (excludes halogenated alkanes) is 2. The first kappa shape index (κ1) is 25.3. The summed E-state index contributed by atoms with van der Waals surface area (Å²) in [7, 11) is 0. The summed E-state index contributed by atoms with van der Waals surface area (Å²) in [6.45, 7) is 10.3. The lowest BCUT2D eigenvalue weighted by Gasteiger charge is -2.19. The predicted octanol–water partition coefficient (Wildman–Crippen LogP) is 4.44. The number of nitrogens with one attached hydrogen (secondary N) is 3. The normalized spacial score (nSPS) is 11.0. The van der Waals surface area contributed by atoms with Crippen LogP contribution in [0.4, 0.5) is 9.93 Å². The number of hydrogen-bond donors (Lipinski definition) is 3. The molecule has 3 amide bonds. The third kappa shape index (κ3) is 8.66. The zero-order valence-electron chi connectivity index (χ0n) is 19.3. The second-order valence-corrected chi connectivity index (χ2v) is 9.74. The van der Waals surface area contributed by atoms with E-state index in [1.807, 2.05) is 27.7 Å². The first-order chi connectivity index (χ1) is 15.0. The number of alkyl carbamates (subject to hydrolysis) is 1. The van der Waals surface area contributed by atoms with Gasteiger partial charge < -0.3 is 15.4 Å². The molecule has 0 aliphatic carbocycles. The van der Waals surface area contributed by atoms with Crippen molar-refractivity contribution < 1.29 is 19.1 Å². The number of ether oxygens (including phenoxy) is 1. The second kappa shape index (κ2) is 11.6. The third-order valence-electron chi connectivity index (χ3n) is 4.38. The van der Waals surface area contributed by atoms with Crippen LogP contribution in [0.1, 0.15) is 71.2 Å². The summed E-state index contributed by atoms with van der Waals surface area (Å²) in [4.78, 5) is 41.6. The van der Waals surface area contributed by atoms with Gasteiger partial charge in [0.25, 0.3) is 11.8 Å². The van der Waals surface area contributed by atoms with E-state index in [4.69, 9.17) is 4.74 Å². The number of carbonyl (C=O) groups excluding carboxylic acids is 3. The highest BCUT2D eigenvalue weighted by Gasteiger charge is 2.16. The molecule has 1 aromatic heterocycles. The van der Waals surface area contributed by atoms with Crippen LogP contribution in [-0.4, -0.2) is 41.6 Å². The van der Waals surface area contributed by atoms with Crippen molar-refractivity contribution in [3.63, 3.8) is 0 Å². The van der Waals surface area contributed by atoms with Gasteiger partial charge in [-0.25, -0.2) is 9.78 Å². The van der Waals surface area contributed by atoms with E-state index in [-0.39, 0.29) is 11.8 Å². The Labute approximate surface area is 193 Å². The molecular formula is C23H32N4O4S. The molecule has 3 N–H and O–H groups in total. The maximum absolute atomic E-state index is 12.5. The minimum atomic E-state index is -0.505. The number of benzene rings is 1. The molecule has 0 bridgehead atoms. The van der Waals surface area contributed by atoms with Gasteiger partial charge in [-0.15, -0.1) is 11.3 Å². The van der Waals surface area contributed by atoms with Crippen molar-refractivity contribution in [3.8, 4) is 0 Å². The number of anilines is 1. The van der Waals surface area contributed by atoms with Crippen molar-refractivity contribution in [2.75, 3.05) is 18.4 Å². The summed E-state index contributed by atoms with van der Waals surface area (Å²) >= 11 is 1.41. The zero-order chi connectivity index (χ0) is 23.7. The van der Waals surface area contributed by atoms with E-state index in [2.05, 4.69) is 20.9 Å². The highest BCUT2D eigenvalue weighted by Crippen LogP contribution is 2.19. The number of nitrogens with zero attached hydrogens (tertiary/aromatic N) is 1. The van der Waals surface area contributed by atoms with Gasteiger partial charge in [-0.2, -0.15) is 0 Å². The molecular weight excluding hydrogens is 428 g/mol. The third-order valence-corrected chi connectivity index (χ3v) is 5.21. The molecule has 0 aliphatic heterocycles. The number of hydrogen-bond acceptors (Lipinski definition) is 6. The molecule has 0 fully saturated rings. The van der Waals surface area contributed by atoms with Gasteiger partial charge in [0.15, 0.2) is 5.13 Å². The molecule has 1 aromatic carbocycles. The molecule has 0 saturated heterocycles. The summed E-state index contributed by atoms with van der Waals surface area (Å²) in [5, 5.41) is 8.94. The Hall–Kier alpha value is -2.94. The lowest BCUT2D eigenvalue weighted by molar-refractivity contribution is 0.0526. The molecule has 0 saturated carbocycles. The average Bonchev–Trinajstić information content (AvgIpc) is 3.10. The van der Waals surface area contributed by atoms with Gasteiger partial charge in [0, 0.05) is 35.3 Å². The van der Waals surface area contributed by atoms with Crippen molar-refractivity contribution in [3.05, 3.63) is 46.0 Å². The van der Waals surface area contributed by atoms with Crippen molar-refractivity contribution in [1.82, 2.24) is 15.6 Å². The molecule has 174 valence electrons. The van der Waals surface area contributed by atoms with Crippen molar-refractivity contribution in [2.24, 2.45) is 0 Å². The van der Waals surface area contributed by atoms with Crippen LogP contribution in [0.3, 0.4) is 0 Å². The van der Waals surface area contributed by atoms with E-state index < -0.39 is 11.7 Å². The van der Waals surface area contributed by atoms with Crippen LogP contribution in [0, 0.1) is 13.8 Å². The van der Waals surface area contributed by atoms with Crippen LogP contribution >= 0.6 is 11.3 Å². The smallest absolute Gasteiger partial charge is 0.407 e. The van der Waals surface area contributed by atoms with Crippen molar-refractivity contribution in [1.29, 1.82) is 0 Å². The quantitative estimate of drug-likeness (QED) is 0.480. The van der Waals surface area contributed by atoms with Gasteiger partial charge in [0.2, 0.25) is 0 Å². The van der Waals surface area contributed by atoms with E-state index in [1.165, 1.54) is 11.3 Å². The van der Waals surface area contributed by atoms with Gasteiger partial charge in [-0.1, -0.05) is 0 Å². The number of thiazole rings is 1. The zero-order valence-corrected chi connectivity index (χ0v) is 20.1. The van der Waals surface area contributed by atoms with Crippen LogP contribution in [0.25, 0.3) is 0 Å². The highest BCUT2D eigenvalue weighted by molar-refractivity contribution is 7.15. The van der Waals surface area contributed by atoms with Crippen molar-refractivity contribution >= 4 is 34.4 Å². The van der Waals surface area contributed by atoms with Gasteiger partial charge in [0.1, 0.15) is 5.60 Å². The van der Waals surface area contributed by atoms with E-state index in [0.29, 0.717) is 29.3 Å². The van der Waals surface area contributed by atoms with Crippen LogP contribution in [0.15, 0.2) is 24.4 Å². The fraction of sp³-hybridized carbons (Fsp3) is 0.478. The highest BCUT2D eigenvalue weighted by atomic mass is 32.1. The lowest BCUT2D eigenvalue weighted by atomic mass is 10.0. The molecule has 1 heterocycles. The second-order valence-electron chi connectivity index (χ2n) is 8.51. The van der Waals surface area contributed by atoms with E-state index in [0.717, 1.165) is 29.7 Å². The van der Waals surface area contributed by atoms with Crippen LogP contribution in [-0.2, 0) is 4.74 Å². The molecule has 2 rings (SSSR count). The van der Waals surface area contributed by atoms with Gasteiger partial charge in [-0.3, -0.25) is 14.9 Å². The Bertz CT molecular complexity index is 950. The summed E-state index contributed by atoms with van der Waals surface area (Å²) in [6.07, 6.45) is 3.76. The Kier molecular flexibility index (Phi) is 9.19. The minimum absolute atomic E-state index is 0.178. The summed E-state index contributed by atoms with van der Waals surface area (Å²) in [6, 6.07) is 5.01. The van der Waals surface area contributed by atoms with Gasteiger partial charge in [0.05, 0.1) is 0 Å². The molecule has 0 unspecified atom stereocenters. The molecule has 8 nitrogen and oxygen atoms in total. The molecule has 0 radical (unpaired) electrons. The van der Waals surface area contributed by atoms with Crippen molar-refractivity contribution in [2.45, 2.75) is 59.5 Å². The lowest BCUT2D eigenvalue weighted by Crippen LogP contribution is -2.33. The SMILES string of the molecule is Cc1cnc(NC(=O)c2ccc(C(=O)NCCCCCNC(=O)OC(C)(C)C)cc2C)s1. The Morgan fingerprint density at radius 1 is 1.00 bits per heavy atom. The Morgan fingerprint density at radius 2 is 1.69 bits per heavy atom. The topological polar surface area (TPSA) is 109 Å². The first-order valence-electron chi connectivity index (χ1n) is 10.6. The average molecular weight is 461 g/mol. The number of amides is 3. The molecule has 0 atom stereocenters. The Morgan fingerprint density at radius 3 is 2.28 bits per heavy atom. The maximum atomic E-state index is 12.5. The van der Waals surface area contributed by atoms with Crippen LogP contribution < -0.4 is 16.0 Å². The number of aromatic nitrogens is 1. The molecule has 2 aromatic rings. The molecule has 9 heteroatoms. The fourth-order valence-corrected chi connectivity index (χ4v) is 3.53. The standard InChI is InChI=1S/C23H32N4O4S/c1-15-13-17(9-10-18(15)20(29)27-21-26-14-16(2)32-21)19(28)24-11-7-6-8-12-25-22(30)31-23(3,4)5/h9-10,13-14H,6-8,11-12H2,1-5H3,(H,24,28)(H,25,30)(H,26,27,29). The van der Waals surface area contributed by atoms with Crippen LogP contribution in [0.5, 0.6) is 0 Å². The van der Waals surface area contributed by atoms with Gasteiger partial charge >= 0.3 is 6.09 Å².